The van der Waals surface area contributed by atoms with Crippen LogP contribution in [-0.4, -0.2) is 19.8 Å². The third-order valence-electron chi connectivity index (χ3n) is 6.96. The van der Waals surface area contributed by atoms with Crippen molar-refractivity contribution >= 4 is 19.8 Å². The Bertz CT molecular complexity index is 1240. The summed E-state index contributed by atoms with van der Waals surface area (Å²) in [5.74, 6) is -1.11. The van der Waals surface area contributed by atoms with Crippen molar-refractivity contribution in [3.63, 3.8) is 0 Å². The minimum Gasteiger partial charge on any atom is -0.489 e. The summed E-state index contributed by atoms with van der Waals surface area (Å²) in [6.07, 6.45) is 3.66. The maximum atomic E-state index is 13.8. The van der Waals surface area contributed by atoms with Crippen molar-refractivity contribution in [2.75, 3.05) is 0 Å². The highest BCUT2D eigenvalue weighted by molar-refractivity contribution is 6.80. The van der Waals surface area contributed by atoms with E-state index >= 15 is 0 Å². The lowest BCUT2D eigenvalue weighted by Gasteiger charge is -2.40. The molecule has 4 nitrogen and oxygen atoms in total. The molecule has 1 aliphatic heterocycles. The molecule has 5 heteroatoms. The Balaban J connectivity index is 1.65. The molecule has 1 heterocycles. The summed E-state index contributed by atoms with van der Waals surface area (Å²) in [6.45, 7) is 9.21. The van der Waals surface area contributed by atoms with Gasteiger partial charge in [-0.1, -0.05) is 118 Å². The number of carbonyl (C=O) groups excluding carboxylic acids is 2. The molecule has 1 saturated heterocycles. The van der Waals surface area contributed by atoms with Crippen LogP contribution in [0.2, 0.25) is 19.6 Å². The van der Waals surface area contributed by atoms with Gasteiger partial charge in [0.15, 0.2) is 5.78 Å². The van der Waals surface area contributed by atoms with E-state index in [0.717, 1.165) is 23.1 Å². The zero-order valence-corrected chi connectivity index (χ0v) is 23.9. The van der Waals surface area contributed by atoms with E-state index in [1.807, 2.05) is 84.9 Å². The molecule has 3 atom stereocenters. The van der Waals surface area contributed by atoms with Gasteiger partial charge in [-0.25, -0.2) is 0 Å². The summed E-state index contributed by atoms with van der Waals surface area (Å²) in [5.41, 5.74) is 4.14. The molecule has 1 aliphatic rings. The minimum absolute atomic E-state index is 0.0700. The van der Waals surface area contributed by atoms with Gasteiger partial charge in [0.1, 0.15) is 23.9 Å². The third kappa shape index (κ3) is 6.70. The van der Waals surface area contributed by atoms with Crippen LogP contribution in [0.3, 0.4) is 0 Å². The Morgan fingerprint density at radius 1 is 0.974 bits per heavy atom. The molecule has 198 valence electrons. The van der Waals surface area contributed by atoms with Gasteiger partial charge in [-0.15, -0.1) is 0 Å². The lowest BCUT2D eigenvalue weighted by molar-refractivity contribution is -0.180. The van der Waals surface area contributed by atoms with Gasteiger partial charge in [0, 0.05) is 5.92 Å². The van der Waals surface area contributed by atoms with Crippen LogP contribution in [0.4, 0.5) is 0 Å². The molecule has 3 aromatic rings. The Morgan fingerprint density at radius 3 is 2.29 bits per heavy atom. The molecular weight excluding hydrogens is 488 g/mol. The Hall–Kier alpha value is -3.44. The Morgan fingerprint density at radius 2 is 1.66 bits per heavy atom. The molecule has 4 rings (SSSR count). The molecular formula is C33H38O4Si. The Labute approximate surface area is 227 Å². The zero-order chi connectivity index (χ0) is 27.2. The van der Waals surface area contributed by atoms with Crippen LogP contribution < -0.4 is 4.74 Å². The van der Waals surface area contributed by atoms with Crippen LogP contribution in [-0.2, 0) is 26.5 Å². The number of hydrogen-bond acceptors (Lipinski definition) is 4. The average molecular weight is 527 g/mol. The number of ether oxygens (including phenoxy) is 2. The second-order valence-corrected chi connectivity index (χ2v) is 16.3. The van der Waals surface area contributed by atoms with Crippen molar-refractivity contribution < 1.29 is 19.1 Å². The smallest absolute Gasteiger partial charge is 0.318 e. The first-order chi connectivity index (χ1) is 18.2. The molecule has 0 bridgehead atoms. The highest BCUT2D eigenvalue weighted by Gasteiger charge is 2.49. The van der Waals surface area contributed by atoms with Crippen molar-refractivity contribution in [1.29, 1.82) is 0 Å². The van der Waals surface area contributed by atoms with E-state index in [2.05, 4.69) is 38.3 Å². The zero-order valence-electron chi connectivity index (χ0n) is 22.9. The van der Waals surface area contributed by atoms with Gasteiger partial charge in [-0.3, -0.25) is 9.59 Å². The van der Waals surface area contributed by atoms with Gasteiger partial charge < -0.3 is 9.47 Å². The monoisotopic (exact) mass is 526 g/mol. The molecule has 0 spiro atoms. The summed E-state index contributed by atoms with van der Waals surface area (Å²) in [4.78, 5) is 27.6. The standard InChI is InChI=1S/C33H38O4Si/c1-5-20-33(27-16-10-7-11-17-27)23-30(34)31(32(35)37-33)29(19-21-38(2,3)4)26-15-12-18-28(22-26)36-24-25-13-8-6-9-14-25/h6-19,21-22,29,31H,5,20,23-24H2,1-4H3. The molecule has 0 N–H and O–H groups in total. The van der Waals surface area contributed by atoms with Crippen molar-refractivity contribution in [3.05, 3.63) is 113 Å². The second kappa shape index (κ2) is 12.0. The number of Topliss-reactive ketones (excluding diaryl/α,β-unsaturated/α-hetero) is 1. The molecule has 0 radical (unpaired) electrons. The molecule has 3 unspecified atom stereocenters. The molecule has 0 aromatic heterocycles. The van der Waals surface area contributed by atoms with E-state index in [4.69, 9.17) is 9.47 Å². The molecule has 38 heavy (non-hydrogen) atoms. The number of ketones is 1. The predicted molar refractivity (Wildman–Crippen MR) is 155 cm³/mol. The SMILES string of the molecule is CCCC1(c2ccccc2)CC(=O)C(C(C=C[Si](C)(C)C)c2cccc(OCc3ccccc3)c2)C(=O)O1. The largest absolute Gasteiger partial charge is 0.489 e. The number of esters is 1. The van der Waals surface area contributed by atoms with Crippen LogP contribution >= 0.6 is 0 Å². The number of cyclic esters (lactones) is 1. The molecule has 3 aromatic carbocycles. The minimum atomic E-state index is -1.60. The lowest BCUT2D eigenvalue weighted by atomic mass is 9.74. The number of hydrogen-bond donors (Lipinski definition) is 0. The van der Waals surface area contributed by atoms with Gasteiger partial charge in [-0.2, -0.15) is 0 Å². The van der Waals surface area contributed by atoms with E-state index in [1.54, 1.807) is 0 Å². The number of benzene rings is 3. The fourth-order valence-electron chi connectivity index (χ4n) is 5.11. The first-order valence-electron chi connectivity index (χ1n) is 13.5. The summed E-state index contributed by atoms with van der Waals surface area (Å²) in [7, 11) is -1.60. The number of allylic oxidation sites excluding steroid dienone is 1. The maximum absolute atomic E-state index is 13.8. The van der Waals surface area contributed by atoms with Crippen LogP contribution in [0.15, 0.2) is 96.7 Å². The van der Waals surface area contributed by atoms with E-state index in [1.165, 1.54) is 0 Å². The van der Waals surface area contributed by atoms with Crippen LogP contribution in [0.5, 0.6) is 5.75 Å². The maximum Gasteiger partial charge on any atom is 0.318 e. The summed E-state index contributed by atoms with van der Waals surface area (Å²) in [5, 5.41) is 0. The van der Waals surface area contributed by atoms with Crippen LogP contribution in [0.1, 0.15) is 48.8 Å². The van der Waals surface area contributed by atoms with Gasteiger partial charge in [0.25, 0.3) is 0 Å². The third-order valence-corrected chi connectivity index (χ3v) is 8.16. The fourth-order valence-corrected chi connectivity index (χ4v) is 5.90. The van der Waals surface area contributed by atoms with Crippen molar-refractivity contribution in [2.45, 2.75) is 64.0 Å². The summed E-state index contributed by atoms with van der Waals surface area (Å²) < 4.78 is 12.3. The topological polar surface area (TPSA) is 52.6 Å². The highest BCUT2D eigenvalue weighted by Crippen LogP contribution is 2.44. The molecule has 0 aliphatic carbocycles. The van der Waals surface area contributed by atoms with E-state index in [0.29, 0.717) is 18.8 Å². The molecule has 0 saturated carbocycles. The Kier molecular flexibility index (Phi) is 8.68. The summed E-state index contributed by atoms with van der Waals surface area (Å²) in [6, 6.07) is 27.5. The van der Waals surface area contributed by atoms with Crippen molar-refractivity contribution in [3.8, 4) is 5.75 Å². The summed E-state index contributed by atoms with van der Waals surface area (Å²) >= 11 is 0. The fraction of sp³-hybridized carbons (Fsp3) is 0.333. The quantitative estimate of drug-likeness (QED) is 0.155. The molecule has 0 amide bonds. The van der Waals surface area contributed by atoms with Crippen molar-refractivity contribution in [1.82, 2.24) is 0 Å². The second-order valence-electron chi connectivity index (χ2n) is 11.2. The van der Waals surface area contributed by atoms with Gasteiger partial charge >= 0.3 is 5.97 Å². The van der Waals surface area contributed by atoms with Crippen LogP contribution in [0, 0.1) is 5.92 Å². The average Bonchev–Trinajstić information content (AvgIpc) is 2.90. The highest BCUT2D eigenvalue weighted by atomic mass is 28.3. The van der Waals surface area contributed by atoms with Crippen molar-refractivity contribution in [2.24, 2.45) is 5.92 Å². The van der Waals surface area contributed by atoms with Gasteiger partial charge in [0.2, 0.25) is 0 Å². The van der Waals surface area contributed by atoms with E-state index in [-0.39, 0.29) is 12.2 Å². The number of rotatable bonds is 10. The first kappa shape index (κ1) is 27.6. The van der Waals surface area contributed by atoms with Crippen LogP contribution in [0.25, 0.3) is 0 Å². The predicted octanol–water partition coefficient (Wildman–Crippen LogP) is 7.61. The van der Waals surface area contributed by atoms with E-state index < -0.39 is 31.5 Å². The lowest BCUT2D eigenvalue weighted by Crippen LogP contribution is -2.47. The van der Waals surface area contributed by atoms with Gasteiger partial charge in [-0.05, 0) is 35.2 Å². The van der Waals surface area contributed by atoms with Gasteiger partial charge in [0.05, 0.1) is 14.5 Å². The normalized spacial score (nSPS) is 20.8. The number of carbonyl (C=O) groups is 2. The molecule has 1 fully saturated rings. The van der Waals surface area contributed by atoms with E-state index in [9.17, 15) is 9.59 Å². The first-order valence-corrected chi connectivity index (χ1v) is 17.1.